The van der Waals surface area contributed by atoms with Gasteiger partial charge in [-0.25, -0.2) is 9.78 Å². The summed E-state index contributed by atoms with van der Waals surface area (Å²) < 4.78 is 33.6. The molecule has 1 N–H and O–H groups in total. The topological polar surface area (TPSA) is 152 Å². The van der Waals surface area contributed by atoms with Crippen LogP contribution in [-0.2, 0) is 44.6 Å². The lowest BCUT2D eigenvalue weighted by atomic mass is 9.70. The van der Waals surface area contributed by atoms with Gasteiger partial charge in [-0.3, -0.25) is 14.6 Å². The van der Waals surface area contributed by atoms with E-state index in [1.165, 1.54) is 11.8 Å². The number of pyridine rings is 1. The Bertz CT molecular complexity index is 1710. The van der Waals surface area contributed by atoms with E-state index in [0.717, 1.165) is 11.3 Å². The summed E-state index contributed by atoms with van der Waals surface area (Å²) in [6.07, 6.45) is 6.55. The number of methoxy groups -OCH3 is 1. The first kappa shape index (κ1) is 44.0. The Kier molecular flexibility index (Phi) is 14.3. The van der Waals surface area contributed by atoms with E-state index in [0.29, 0.717) is 30.7 Å². The van der Waals surface area contributed by atoms with Gasteiger partial charge in [-0.05, 0) is 73.2 Å². The Labute approximate surface area is 336 Å². The van der Waals surface area contributed by atoms with Crippen LogP contribution in [0.25, 0.3) is 11.3 Å². The maximum absolute atomic E-state index is 14.7. The highest BCUT2D eigenvalue weighted by molar-refractivity contribution is 8.00. The van der Waals surface area contributed by atoms with Crippen molar-refractivity contribution in [3.63, 3.8) is 0 Å². The van der Waals surface area contributed by atoms with Gasteiger partial charge in [0.05, 0.1) is 29.8 Å². The maximum atomic E-state index is 14.7. The third-order valence-electron chi connectivity index (χ3n) is 12.2. The number of ketones is 1. The van der Waals surface area contributed by atoms with Crippen molar-refractivity contribution in [3.8, 4) is 11.3 Å². The number of Topliss-reactive ketones (excluding diaryl/α,β-unsaturated/α-hetero) is 1. The van der Waals surface area contributed by atoms with Crippen molar-refractivity contribution in [3.05, 3.63) is 48.7 Å². The first-order chi connectivity index (χ1) is 26.4. The number of ether oxygens (including phenoxy) is 5. The van der Waals surface area contributed by atoms with Gasteiger partial charge in [0.2, 0.25) is 0 Å². The van der Waals surface area contributed by atoms with Crippen molar-refractivity contribution in [1.29, 1.82) is 0 Å². The molecule has 0 aliphatic carbocycles. The number of carbonyl (C=O) groups is 3. The predicted octanol–water partition coefficient (Wildman–Crippen LogP) is 5.34. The highest BCUT2D eigenvalue weighted by Gasteiger charge is 2.61. The average molecular weight is 799 g/mol. The molecule has 14 heteroatoms. The number of cyclic esters (lactones) is 1. The number of likely N-dealkylation sites (N-methyl/N-ethyl adjacent to an activating group) is 1. The number of carbonyl (C=O) groups excluding carboxylic acids is 3. The first-order valence-electron chi connectivity index (χ1n) is 19.8. The number of nitrogens with zero attached hydrogens (tertiary/aromatic N) is 4. The molecule has 5 heterocycles. The Morgan fingerprint density at radius 1 is 1.14 bits per heavy atom. The van der Waals surface area contributed by atoms with Gasteiger partial charge in [-0.2, -0.15) is 0 Å². The molecule has 13 atom stereocenters. The first-order valence-corrected chi connectivity index (χ1v) is 20.9. The van der Waals surface area contributed by atoms with Crippen LogP contribution in [0.5, 0.6) is 0 Å². The van der Waals surface area contributed by atoms with Gasteiger partial charge in [0.1, 0.15) is 23.2 Å². The summed E-state index contributed by atoms with van der Waals surface area (Å²) in [4.78, 5) is 53.2. The minimum atomic E-state index is -1.27. The minimum absolute atomic E-state index is 0.0595. The average Bonchev–Trinajstić information content (AvgIpc) is 3.74. The Morgan fingerprint density at radius 3 is 2.52 bits per heavy atom. The van der Waals surface area contributed by atoms with Crippen LogP contribution >= 0.6 is 11.8 Å². The zero-order valence-electron chi connectivity index (χ0n) is 34.8. The minimum Gasteiger partial charge on any atom is -0.455 e. The number of esters is 2. The molecular weight excluding hydrogens is 737 g/mol. The molecule has 3 aliphatic rings. The SMILES string of the molecule is CC[C@H]1OC(=O)/C(C)=C\[C@H](C)[C@@H](O[C@@H]2O[C@H](C)C[C@H](N(C)C)[C@H]2O)[C@](C)(OC)C[C@@H](C)C(=O)[C@H](C)[C@@H]2C(SCCn3cnc(-c4cccnc4)c3)C(=O)O[C@]12C. The second-order valence-electron chi connectivity index (χ2n) is 16.6. The lowest BCUT2D eigenvalue weighted by Crippen LogP contribution is -2.58. The van der Waals surface area contributed by atoms with Crippen LogP contribution < -0.4 is 0 Å². The number of aromatic nitrogens is 3. The van der Waals surface area contributed by atoms with Crippen molar-refractivity contribution < 1.29 is 43.2 Å². The summed E-state index contributed by atoms with van der Waals surface area (Å²) in [6, 6.07) is 3.61. The van der Waals surface area contributed by atoms with E-state index in [-0.39, 0.29) is 24.3 Å². The van der Waals surface area contributed by atoms with Crippen molar-refractivity contribution in [1.82, 2.24) is 19.4 Å². The third kappa shape index (κ3) is 9.26. The number of hydrogen-bond acceptors (Lipinski definition) is 13. The number of aliphatic hydroxyl groups is 1. The molecule has 1 unspecified atom stereocenters. The van der Waals surface area contributed by atoms with E-state index in [2.05, 4.69) is 9.97 Å². The summed E-state index contributed by atoms with van der Waals surface area (Å²) in [7, 11) is 5.41. The van der Waals surface area contributed by atoms with Crippen molar-refractivity contribution in [2.75, 3.05) is 27.0 Å². The van der Waals surface area contributed by atoms with Gasteiger partial charge < -0.3 is 38.3 Å². The van der Waals surface area contributed by atoms with Gasteiger partial charge >= 0.3 is 11.9 Å². The molecule has 2 saturated heterocycles. The van der Waals surface area contributed by atoms with Crippen LogP contribution in [0, 0.1) is 23.7 Å². The molecule has 2 aromatic rings. The normalized spacial score (nSPS) is 38.3. The monoisotopic (exact) mass is 798 g/mol. The van der Waals surface area contributed by atoms with Gasteiger partial charge in [-0.15, -0.1) is 11.8 Å². The third-order valence-corrected chi connectivity index (χ3v) is 13.4. The number of aryl methyl sites for hydroxylation is 1. The zero-order valence-corrected chi connectivity index (χ0v) is 35.7. The van der Waals surface area contributed by atoms with Crippen molar-refractivity contribution >= 4 is 29.5 Å². The molecular formula is C42H62N4O9S. The van der Waals surface area contributed by atoms with Crippen LogP contribution in [0.15, 0.2) is 48.7 Å². The standard InChI is InChI=1S/C42H62N4O9S/c1-12-32-42(8)33(36(39(50)55-42)56-17-16-46-22-30(44-23-46)29-14-13-15-43-21-29)28(6)34(47)26(4)20-41(7,51-11)37(24(2)18-25(3)38(49)53-32)54-40-35(48)31(45(9)10)19-27(5)52-40/h13-15,18,21-24,26-28,31-33,35-37,40,48H,12,16-17,19-20H2,1-11H3/b25-18-/t24-,26+,27+,28+,31-,32+,33+,35+,36?,37+,40-,41+,42+/m0/s1. The number of hydrogen-bond donors (Lipinski definition) is 1. The lowest BCUT2D eigenvalue weighted by molar-refractivity contribution is -0.294. The van der Waals surface area contributed by atoms with E-state index in [1.54, 1.807) is 45.8 Å². The molecule has 0 aromatic carbocycles. The molecule has 0 radical (unpaired) electrons. The van der Waals surface area contributed by atoms with Crippen LogP contribution in [0.3, 0.4) is 0 Å². The molecule has 2 fully saturated rings. The Balaban J connectivity index is 1.46. The predicted molar refractivity (Wildman–Crippen MR) is 213 cm³/mol. The Morgan fingerprint density at radius 2 is 1.88 bits per heavy atom. The molecule has 2 aromatic heterocycles. The second kappa shape index (κ2) is 18.2. The molecule has 0 amide bonds. The Hall–Kier alpha value is -3.14. The van der Waals surface area contributed by atoms with Crippen LogP contribution in [0.2, 0.25) is 0 Å². The number of imidazole rings is 1. The number of rotatable bonds is 10. The van der Waals surface area contributed by atoms with Crippen LogP contribution in [0.4, 0.5) is 0 Å². The molecule has 13 nitrogen and oxygen atoms in total. The zero-order chi connectivity index (χ0) is 41.1. The van der Waals surface area contributed by atoms with E-state index in [1.807, 2.05) is 83.4 Å². The number of fused-ring (bicyclic) bond motifs is 1. The summed E-state index contributed by atoms with van der Waals surface area (Å²) in [6.45, 7) is 15.5. The summed E-state index contributed by atoms with van der Waals surface area (Å²) >= 11 is 1.44. The van der Waals surface area contributed by atoms with E-state index in [9.17, 15) is 19.5 Å². The fourth-order valence-electron chi connectivity index (χ4n) is 9.08. The summed E-state index contributed by atoms with van der Waals surface area (Å²) in [5, 5.41) is 10.8. The number of aliphatic hydroxyl groups excluding tert-OH is 1. The number of thioether (sulfide) groups is 1. The molecule has 0 bridgehead atoms. The second-order valence-corrected chi connectivity index (χ2v) is 17.9. The van der Waals surface area contributed by atoms with Gasteiger partial charge in [0, 0.05) is 78.8 Å². The lowest BCUT2D eigenvalue weighted by Gasteiger charge is -2.46. The van der Waals surface area contributed by atoms with Gasteiger partial charge in [-0.1, -0.05) is 33.8 Å². The fraction of sp³-hybridized carbons (Fsp3) is 0.690. The highest BCUT2D eigenvalue weighted by Crippen LogP contribution is 2.49. The smallest absolute Gasteiger partial charge is 0.333 e. The van der Waals surface area contributed by atoms with E-state index in [4.69, 9.17) is 23.7 Å². The van der Waals surface area contributed by atoms with E-state index < -0.39 is 76.7 Å². The summed E-state index contributed by atoms with van der Waals surface area (Å²) in [5.74, 6) is -2.73. The molecule has 3 aliphatic heterocycles. The molecule has 5 rings (SSSR count). The molecule has 310 valence electrons. The molecule has 0 saturated carbocycles. The highest BCUT2D eigenvalue weighted by atomic mass is 32.2. The van der Waals surface area contributed by atoms with E-state index >= 15 is 0 Å². The van der Waals surface area contributed by atoms with Crippen LogP contribution in [-0.4, -0.2) is 122 Å². The van der Waals surface area contributed by atoms with Gasteiger partial charge in [0.15, 0.2) is 11.9 Å². The van der Waals surface area contributed by atoms with Crippen molar-refractivity contribution in [2.24, 2.45) is 23.7 Å². The van der Waals surface area contributed by atoms with Crippen LogP contribution in [0.1, 0.15) is 74.7 Å². The molecule has 56 heavy (non-hydrogen) atoms. The quantitative estimate of drug-likeness (QED) is 0.308. The van der Waals surface area contributed by atoms with Gasteiger partial charge in [0.25, 0.3) is 0 Å². The fourth-order valence-corrected chi connectivity index (χ4v) is 10.5. The maximum Gasteiger partial charge on any atom is 0.333 e. The van der Waals surface area contributed by atoms with Crippen molar-refractivity contribution in [2.45, 2.75) is 134 Å². The molecule has 0 spiro atoms. The largest absolute Gasteiger partial charge is 0.455 e. The summed E-state index contributed by atoms with van der Waals surface area (Å²) in [5.41, 5.74) is -0.280.